The summed E-state index contributed by atoms with van der Waals surface area (Å²) in [5.74, 6) is 0. The third-order valence-corrected chi connectivity index (χ3v) is 3.46. The number of hydrogen-bond acceptors (Lipinski definition) is 3. The Hall–Kier alpha value is -0.670. The van der Waals surface area contributed by atoms with Crippen molar-refractivity contribution in [2.24, 2.45) is 5.73 Å². The zero-order valence-electron chi connectivity index (χ0n) is 9.79. The minimum absolute atomic E-state index is 0.614. The van der Waals surface area contributed by atoms with Crippen LogP contribution in [0.3, 0.4) is 0 Å². The van der Waals surface area contributed by atoms with Crippen LogP contribution in [-0.4, -0.2) is 19.3 Å². The van der Waals surface area contributed by atoms with Crippen LogP contribution in [0.5, 0.6) is 0 Å². The minimum atomic E-state index is 0.614. The minimum Gasteiger partial charge on any atom is -0.372 e. The molecule has 15 heavy (non-hydrogen) atoms. The molecule has 0 aliphatic carbocycles. The molecule has 0 aliphatic rings. The van der Waals surface area contributed by atoms with Crippen molar-refractivity contribution in [3.05, 3.63) is 23.8 Å². The van der Waals surface area contributed by atoms with Crippen LogP contribution < -0.4 is 10.6 Å². The van der Waals surface area contributed by atoms with Crippen molar-refractivity contribution >= 4 is 17.4 Å². The fourth-order valence-corrected chi connectivity index (χ4v) is 2.46. The zero-order valence-corrected chi connectivity index (χ0v) is 10.6. The van der Waals surface area contributed by atoms with E-state index in [1.165, 1.54) is 16.1 Å². The molecule has 84 valence electrons. The predicted molar refractivity (Wildman–Crippen MR) is 69.7 cm³/mol. The van der Waals surface area contributed by atoms with Crippen LogP contribution in [0.15, 0.2) is 23.1 Å². The van der Waals surface area contributed by atoms with E-state index in [-0.39, 0.29) is 0 Å². The molecule has 0 amide bonds. The molecule has 0 unspecified atom stereocenters. The first kappa shape index (κ1) is 12.4. The van der Waals surface area contributed by atoms with E-state index in [1.807, 2.05) is 0 Å². The number of nitrogens with two attached hydrogens (primary N) is 1. The van der Waals surface area contributed by atoms with Crippen LogP contribution in [0.4, 0.5) is 5.69 Å². The van der Waals surface area contributed by atoms with Gasteiger partial charge in [0.25, 0.3) is 0 Å². The number of nitrogens with zero attached hydrogens (tertiary/aromatic N) is 1. The monoisotopic (exact) mass is 224 g/mol. The van der Waals surface area contributed by atoms with Gasteiger partial charge in [-0.1, -0.05) is 6.07 Å². The summed E-state index contributed by atoms with van der Waals surface area (Å²) in [6.45, 7) is 7.02. The highest BCUT2D eigenvalue weighted by Gasteiger charge is 2.10. The molecule has 0 saturated carbocycles. The van der Waals surface area contributed by atoms with Crippen LogP contribution in [0.25, 0.3) is 0 Å². The first-order valence-electron chi connectivity index (χ1n) is 5.39. The average Bonchev–Trinajstić information content (AvgIpc) is 2.30. The zero-order chi connectivity index (χ0) is 11.3. The smallest absolute Gasteiger partial charge is 0.0422 e. The van der Waals surface area contributed by atoms with Crippen molar-refractivity contribution in [2.75, 3.05) is 24.2 Å². The highest BCUT2D eigenvalue weighted by atomic mass is 32.2. The molecule has 1 aromatic carbocycles. The molecule has 0 spiro atoms. The van der Waals surface area contributed by atoms with Gasteiger partial charge in [-0.3, -0.25) is 0 Å². The largest absolute Gasteiger partial charge is 0.372 e. The third-order valence-electron chi connectivity index (χ3n) is 2.64. The number of anilines is 1. The van der Waals surface area contributed by atoms with Crippen molar-refractivity contribution < 1.29 is 0 Å². The molecule has 0 aromatic heterocycles. The molecule has 0 atom stereocenters. The molecule has 0 aliphatic heterocycles. The van der Waals surface area contributed by atoms with Gasteiger partial charge in [0.1, 0.15) is 0 Å². The highest BCUT2D eigenvalue weighted by molar-refractivity contribution is 7.98. The second-order valence-corrected chi connectivity index (χ2v) is 4.18. The Morgan fingerprint density at radius 2 is 1.93 bits per heavy atom. The van der Waals surface area contributed by atoms with E-state index in [4.69, 9.17) is 5.73 Å². The van der Waals surface area contributed by atoms with Gasteiger partial charge in [-0.2, -0.15) is 0 Å². The maximum atomic E-state index is 5.83. The summed E-state index contributed by atoms with van der Waals surface area (Å²) < 4.78 is 0. The van der Waals surface area contributed by atoms with E-state index in [1.54, 1.807) is 11.8 Å². The Bertz CT molecular complexity index is 308. The lowest BCUT2D eigenvalue weighted by molar-refractivity contribution is 0.847. The predicted octanol–water partition coefficient (Wildman–Crippen LogP) is 2.71. The van der Waals surface area contributed by atoms with Crippen LogP contribution in [0.1, 0.15) is 19.4 Å². The molecule has 0 saturated heterocycles. The Morgan fingerprint density at radius 1 is 1.27 bits per heavy atom. The van der Waals surface area contributed by atoms with Crippen molar-refractivity contribution in [2.45, 2.75) is 25.3 Å². The van der Waals surface area contributed by atoms with Crippen LogP contribution >= 0.6 is 11.8 Å². The molecule has 0 bridgehead atoms. The number of hydrogen-bond donors (Lipinski definition) is 1. The molecular weight excluding hydrogens is 204 g/mol. The Labute approximate surface area is 96.8 Å². The van der Waals surface area contributed by atoms with E-state index in [0.29, 0.717) is 6.54 Å². The highest BCUT2D eigenvalue weighted by Crippen LogP contribution is 2.29. The van der Waals surface area contributed by atoms with Crippen LogP contribution in [-0.2, 0) is 6.54 Å². The van der Waals surface area contributed by atoms with Crippen molar-refractivity contribution in [1.82, 2.24) is 0 Å². The molecule has 3 heteroatoms. The Kier molecular flexibility index (Phi) is 4.99. The summed E-state index contributed by atoms with van der Waals surface area (Å²) in [5, 5.41) is 0. The van der Waals surface area contributed by atoms with Crippen LogP contribution in [0.2, 0.25) is 0 Å². The van der Waals surface area contributed by atoms with E-state index in [2.05, 4.69) is 43.2 Å². The van der Waals surface area contributed by atoms with Gasteiger partial charge in [0.15, 0.2) is 0 Å². The fraction of sp³-hybridized carbons (Fsp3) is 0.500. The molecule has 0 heterocycles. The van der Waals surface area contributed by atoms with Gasteiger partial charge >= 0.3 is 0 Å². The van der Waals surface area contributed by atoms with Gasteiger partial charge in [-0.05, 0) is 32.2 Å². The maximum absolute atomic E-state index is 5.83. The van der Waals surface area contributed by atoms with Gasteiger partial charge in [-0.25, -0.2) is 0 Å². The van der Waals surface area contributed by atoms with Crippen molar-refractivity contribution in [1.29, 1.82) is 0 Å². The third kappa shape index (κ3) is 2.67. The quantitative estimate of drug-likeness (QED) is 0.780. The first-order valence-corrected chi connectivity index (χ1v) is 6.61. The standard InChI is InChI=1S/C12H20N2S/c1-4-14(5-2)11-7-6-8-12(15-3)10(11)9-13/h6-8H,4-5,9,13H2,1-3H3. The molecule has 1 aromatic rings. The van der Waals surface area contributed by atoms with Gasteiger partial charge in [0.2, 0.25) is 0 Å². The van der Waals surface area contributed by atoms with E-state index < -0.39 is 0 Å². The Morgan fingerprint density at radius 3 is 2.40 bits per heavy atom. The second kappa shape index (κ2) is 6.03. The number of thioether (sulfide) groups is 1. The first-order chi connectivity index (χ1) is 7.28. The van der Waals surface area contributed by atoms with Gasteiger partial charge in [0, 0.05) is 35.8 Å². The van der Waals surface area contributed by atoms with E-state index in [0.717, 1.165) is 13.1 Å². The molecule has 2 N–H and O–H groups in total. The maximum Gasteiger partial charge on any atom is 0.0422 e. The summed E-state index contributed by atoms with van der Waals surface area (Å²) >= 11 is 1.77. The second-order valence-electron chi connectivity index (χ2n) is 3.33. The van der Waals surface area contributed by atoms with Gasteiger partial charge in [0.05, 0.1) is 0 Å². The van der Waals surface area contributed by atoms with Crippen molar-refractivity contribution in [3.63, 3.8) is 0 Å². The van der Waals surface area contributed by atoms with Gasteiger partial charge < -0.3 is 10.6 Å². The molecule has 0 fully saturated rings. The molecule has 1 rings (SSSR count). The summed E-state index contributed by atoms with van der Waals surface area (Å²) in [4.78, 5) is 3.64. The lowest BCUT2D eigenvalue weighted by Crippen LogP contribution is -2.24. The normalized spacial score (nSPS) is 10.4. The average molecular weight is 224 g/mol. The number of rotatable bonds is 5. The van der Waals surface area contributed by atoms with Crippen LogP contribution in [0, 0.1) is 0 Å². The Balaban J connectivity index is 3.15. The van der Waals surface area contributed by atoms with E-state index >= 15 is 0 Å². The summed E-state index contributed by atoms with van der Waals surface area (Å²) in [6.07, 6.45) is 2.10. The summed E-state index contributed by atoms with van der Waals surface area (Å²) in [5.41, 5.74) is 8.39. The summed E-state index contributed by atoms with van der Waals surface area (Å²) in [6, 6.07) is 6.41. The van der Waals surface area contributed by atoms with Gasteiger partial charge in [-0.15, -0.1) is 11.8 Å². The fourth-order valence-electron chi connectivity index (χ4n) is 1.81. The molecule has 2 nitrogen and oxygen atoms in total. The topological polar surface area (TPSA) is 29.3 Å². The van der Waals surface area contributed by atoms with Crippen molar-refractivity contribution in [3.8, 4) is 0 Å². The number of benzene rings is 1. The SMILES string of the molecule is CCN(CC)c1cccc(SC)c1CN. The lowest BCUT2D eigenvalue weighted by atomic mass is 10.1. The molecular formula is C12H20N2S. The lowest BCUT2D eigenvalue weighted by Gasteiger charge is -2.25. The molecule has 0 radical (unpaired) electrons. The summed E-state index contributed by atoms with van der Waals surface area (Å²) in [7, 11) is 0. The van der Waals surface area contributed by atoms with E-state index in [9.17, 15) is 0 Å².